The zero-order valence-corrected chi connectivity index (χ0v) is 37.4. The van der Waals surface area contributed by atoms with E-state index in [-0.39, 0.29) is 51.2 Å². The Bertz CT molecular complexity index is 1960. The van der Waals surface area contributed by atoms with Crippen molar-refractivity contribution in [2.45, 2.75) is 121 Å². The van der Waals surface area contributed by atoms with Gasteiger partial charge in [0.25, 0.3) is 0 Å². The fraction of sp³-hybridized carbons (Fsp3) is 0.571. The van der Waals surface area contributed by atoms with Gasteiger partial charge in [-0.05, 0) is 50.0 Å². The molecule has 1 aliphatic rings. The van der Waals surface area contributed by atoms with Gasteiger partial charge in [-0.1, -0.05) is 58.0 Å². The largest absolute Gasteiger partial charge is 0.480 e. The summed E-state index contributed by atoms with van der Waals surface area (Å²) in [6.07, 6.45) is 3.64. The first kappa shape index (κ1) is 52.7. The van der Waals surface area contributed by atoms with E-state index in [4.69, 9.17) is 17.2 Å². The number of aliphatic imine (C=N–C) groups is 1. The van der Waals surface area contributed by atoms with Crippen LogP contribution in [0.3, 0.4) is 0 Å². The molecule has 65 heavy (non-hydrogen) atoms. The topological polar surface area (TPSA) is 372 Å². The molecule has 0 spiro atoms. The van der Waals surface area contributed by atoms with Crippen LogP contribution in [0.15, 0.2) is 47.8 Å². The molecule has 2 aromatic rings. The van der Waals surface area contributed by atoms with E-state index in [1.807, 2.05) is 0 Å². The second-order valence-corrected chi connectivity index (χ2v) is 16.6. The molecule has 0 bridgehead atoms. The lowest BCUT2D eigenvalue weighted by molar-refractivity contribution is -0.145. The number of aliphatic hydroxyl groups excluding tert-OH is 1. The Morgan fingerprint density at radius 2 is 1.42 bits per heavy atom. The van der Waals surface area contributed by atoms with E-state index < -0.39 is 114 Å². The van der Waals surface area contributed by atoms with Gasteiger partial charge in [-0.15, -0.1) is 0 Å². The molecule has 3 rings (SSSR count). The number of aromatic amines is 1. The summed E-state index contributed by atoms with van der Waals surface area (Å²) < 4.78 is 0. The molecule has 23 nitrogen and oxygen atoms in total. The number of aliphatic hydroxyl groups is 1. The summed E-state index contributed by atoms with van der Waals surface area (Å²) in [6.45, 7) is 7.64. The molecule has 1 saturated heterocycles. The predicted molar refractivity (Wildman–Crippen MR) is 237 cm³/mol. The van der Waals surface area contributed by atoms with Gasteiger partial charge in [0, 0.05) is 37.8 Å². The van der Waals surface area contributed by atoms with E-state index in [2.05, 4.69) is 46.9 Å². The summed E-state index contributed by atoms with van der Waals surface area (Å²) in [5, 5.41) is 34.8. The lowest BCUT2D eigenvalue weighted by Gasteiger charge is -2.30. The van der Waals surface area contributed by atoms with Crippen LogP contribution in [-0.2, 0) is 51.2 Å². The van der Waals surface area contributed by atoms with Gasteiger partial charge in [-0.2, -0.15) is 0 Å². The first-order valence-corrected chi connectivity index (χ1v) is 21.5. The Hall–Kier alpha value is -6.62. The number of amides is 7. The number of likely N-dealkylation sites (tertiary alicyclic amines) is 1. The lowest BCUT2D eigenvalue weighted by atomic mass is 9.98. The standard InChI is InChI=1S/C42H65N13O10/c1-22(2)32(54-39(62)33(23(3)4)53-35(58)27(43)20-56)38(61)50-28(13-9-15-47-42(44)45)36(59)49-24(5)34(57)51-29(17-25-11-7-6-8-12-25)40(63)55-16-10-14-31(55)37(60)52-30(41(64)65)18-26-19-46-21-48-26/h6-8,11-12,19,21-24,27-33,56H,9-10,13-18,20,43H2,1-5H3,(H,46,48)(H,49,59)(H,50,61)(H,51,57)(H,52,60)(H,53,58)(H,54,62)(H,64,65)(H4,44,45,47)/t24-,27-,28-,29-,30-,31-,32-,33-/m0/s1. The van der Waals surface area contributed by atoms with Crippen molar-refractivity contribution in [1.82, 2.24) is 46.8 Å². The van der Waals surface area contributed by atoms with Crippen molar-refractivity contribution >= 4 is 53.3 Å². The van der Waals surface area contributed by atoms with E-state index in [1.165, 1.54) is 24.3 Å². The third-order valence-electron chi connectivity index (χ3n) is 10.7. The molecule has 0 radical (unpaired) electrons. The molecular weight excluding hydrogens is 847 g/mol. The maximum Gasteiger partial charge on any atom is 0.326 e. The monoisotopic (exact) mass is 911 g/mol. The summed E-state index contributed by atoms with van der Waals surface area (Å²) in [5.41, 5.74) is 17.7. The Labute approximate surface area is 377 Å². The highest BCUT2D eigenvalue weighted by Gasteiger charge is 2.40. The minimum atomic E-state index is -1.31. The number of imidazole rings is 1. The summed E-state index contributed by atoms with van der Waals surface area (Å²) >= 11 is 0. The SMILES string of the molecule is CC(C)[C@H](NC(=O)[C@@H](NC(=O)[C@@H](N)CO)C(C)C)C(=O)N[C@@H](CCCN=C(N)N)C(=O)N[C@@H](C)C(=O)N[C@@H](Cc1ccccc1)C(=O)N1CCC[C@H]1C(=O)N[C@@H](Cc1cnc[nH]1)C(=O)O. The molecule has 7 amide bonds. The highest BCUT2D eigenvalue weighted by atomic mass is 16.4. The average Bonchev–Trinajstić information content (AvgIpc) is 3.97. The van der Waals surface area contributed by atoms with Crippen molar-refractivity contribution in [2.75, 3.05) is 19.7 Å². The molecule has 1 aromatic carbocycles. The molecule has 1 aromatic heterocycles. The molecule has 0 aliphatic carbocycles. The Kier molecular flexibility index (Phi) is 20.8. The minimum Gasteiger partial charge on any atom is -0.480 e. The number of nitrogens with zero attached hydrogens (tertiary/aromatic N) is 3. The van der Waals surface area contributed by atoms with E-state index >= 15 is 0 Å². The number of aliphatic carboxylic acids is 1. The van der Waals surface area contributed by atoms with Crippen molar-refractivity contribution in [3.8, 4) is 0 Å². The molecule has 0 unspecified atom stereocenters. The van der Waals surface area contributed by atoms with Crippen LogP contribution in [0.5, 0.6) is 0 Å². The maximum atomic E-state index is 14.3. The summed E-state index contributed by atoms with van der Waals surface area (Å²) in [5.74, 6) is -7.47. The van der Waals surface area contributed by atoms with E-state index in [0.717, 1.165) is 0 Å². The fourth-order valence-electron chi connectivity index (χ4n) is 7.00. The average molecular weight is 912 g/mol. The number of rotatable bonds is 25. The summed E-state index contributed by atoms with van der Waals surface area (Å²) in [7, 11) is 0. The van der Waals surface area contributed by atoms with Crippen molar-refractivity contribution in [2.24, 2.45) is 34.0 Å². The molecule has 1 fully saturated rings. The van der Waals surface area contributed by atoms with Crippen LogP contribution in [0.1, 0.15) is 71.6 Å². The Morgan fingerprint density at radius 1 is 0.800 bits per heavy atom. The van der Waals surface area contributed by atoms with Gasteiger partial charge in [0.15, 0.2) is 5.96 Å². The zero-order valence-electron chi connectivity index (χ0n) is 37.4. The first-order chi connectivity index (χ1) is 30.7. The number of carboxylic acid groups (broad SMARTS) is 1. The predicted octanol–water partition coefficient (Wildman–Crippen LogP) is -3.12. The van der Waals surface area contributed by atoms with Crippen LogP contribution in [0.25, 0.3) is 0 Å². The molecule has 23 heteroatoms. The number of benzene rings is 1. The van der Waals surface area contributed by atoms with Gasteiger partial charge in [-0.25, -0.2) is 9.78 Å². The minimum absolute atomic E-state index is 0.00979. The fourth-order valence-corrected chi connectivity index (χ4v) is 7.00. The second kappa shape index (κ2) is 25.6. The van der Waals surface area contributed by atoms with E-state index in [1.54, 1.807) is 58.0 Å². The molecular formula is C42H65N13O10. The van der Waals surface area contributed by atoms with Crippen molar-refractivity contribution in [3.63, 3.8) is 0 Å². The number of guanidine groups is 1. The number of carbonyl (C=O) groups is 8. The smallest absolute Gasteiger partial charge is 0.326 e. The van der Waals surface area contributed by atoms with Gasteiger partial charge in [0.2, 0.25) is 41.4 Å². The number of H-pyrrole nitrogens is 1. The van der Waals surface area contributed by atoms with Crippen molar-refractivity contribution in [3.05, 3.63) is 54.1 Å². The number of aromatic nitrogens is 2. The van der Waals surface area contributed by atoms with Crippen LogP contribution in [0.4, 0.5) is 0 Å². The number of nitrogens with one attached hydrogen (secondary N) is 7. The van der Waals surface area contributed by atoms with Crippen LogP contribution < -0.4 is 49.1 Å². The molecule has 2 heterocycles. The highest BCUT2D eigenvalue weighted by Crippen LogP contribution is 2.21. The number of carbonyl (C=O) groups excluding carboxylic acids is 7. The van der Waals surface area contributed by atoms with E-state index in [9.17, 15) is 48.6 Å². The van der Waals surface area contributed by atoms with Gasteiger partial charge >= 0.3 is 5.97 Å². The van der Waals surface area contributed by atoms with E-state index in [0.29, 0.717) is 17.7 Å². The number of hydrogen-bond acceptors (Lipinski definition) is 12. The van der Waals surface area contributed by atoms with Crippen molar-refractivity contribution in [1.29, 1.82) is 0 Å². The molecule has 0 saturated carbocycles. The normalized spacial score (nSPS) is 16.8. The number of hydrogen-bond donors (Lipinski definition) is 12. The molecule has 8 atom stereocenters. The number of nitrogens with two attached hydrogens (primary N) is 3. The Balaban J connectivity index is 1.80. The Morgan fingerprint density at radius 3 is 1.98 bits per heavy atom. The highest BCUT2D eigenvalue weighted by molar-refractivity contribution is 5.98. The second-order valence-electron chi connectivity index (χ2n) is 16.6. The van der Waals surface area contributed by atoms with Crippen LogP contribution >= 0.6 is 0 Å². The van der Waals surface area contributed by atoms with Crippen molar-refractivity contribution < 1.29 is 48.6 Å². The quantitative estimate of drug-likeness (QED) is 0.0267. The summed E-state index contributed by atoms with van der Waals surface area (Å²) in [4.78, 5) is 119. The number of carboxylic acids is 1. The van der Waals surface area contributed by atoms with Gasteiger partial charge < -0.3 is 69.2 Å². The first-order valence-electron chi connectivity index (χ1n) is 21.5. The van der Waals surface area contributed by atoms with Crippen LogP contribution in [-0.4, -0.2) is 146 Å². The maximum absolute atomic E-state index is 14.3. The molecule has 358 valence electrons. The lowest BCUT2D eigenvalue weighted by Crippen LogP contribution is -2.61. The third-order valence-corrected chi connectivity index (χ3v) is 10.7. The zero-order chi connectivity index (χ0) is 48.4. The van der Waals surface area contributed by atoms with Gasteiger partial charge in [-0.3, -0.25) is 38.6 Å². The van der Waals surface area contributed by atoms with Crippen LogP contribution in [0.2, 0.25) is 0 Å². The summed E-state index contributed by atoms with van der Waals surface area (Å²) in [6, 6.07) is -0.905. The molecule has 1 aliphatic heterocycles. The van der Waals surface area contributed by atoms with Crippen LogP contribution in [0, 0.1) is 11.8 Å². The third kappa shape index (κ3) is 16.5. The van der Waals surface area contributed by atoms with Gasteiger partial charge in [0.05, 0.1) is 12.9 Å². The molecule has 15 N–H and O–H groups in total. The van der Waals surface area contributed by atoms with Gasteiger partial charge in [0.1, 0.15) is 48.3 Å².